The minimum Gasteiger partial charge on any atom is -0.196 e. The first-order valence-corrected chi connectivity index (χ1v) is 11.8. The lowest BCUT2D eigenvalue weighted by atomic mass is 10.1. The normalized spacial score (nSPS) is 11.1. The Labute approximate surface area is 162 Å². The van der Waals surface area contributed by atoms with Gasteiger partial charge in [0.1, 0.15) is 0 Å². The highest BCUT2D eigenvalue weighted by atomic mass is 32.2. The number of nitrogens with zero attached hydrogens (tertiary/aromatic N) is 1. The van der Waals surface area contributed by atoms with Gasteiger partial charge in [0.15, 0.2) is 10.6 Å². The van der Waals surface area contributed by atoms with Crippen LogP contribution in [0.4, 0.5) is 0 Å². The van der Waals surface area contributed by atoms with Crippen LogP contribution >= 0.6 is 7.71 Å². The molecule has 0 radical (unpaired) electrons. The van der Waals surface area contributed by atoms with Gasteiger partial charge in [-0.05, 0) is 54.8 Å². The van der Waals surface area contributed by atoms with Crippen LogP contribution in [0.5, 0.6) is 0 Å². The summed E-state index contributed by atoms with van der Waals surface area (Å²) in [5.74, 6) is 0. The maximum absolute atomic E-state index is 13.0. The van der Waals surface area contributed by atoms with Crippen LogP contribution in [0.1, 0.15) is 25.3 Å². The Morgan fingerprint density at radius 1 is 0.778 bits per heavy atom. The molecule has 3 aromatic carbocycles. The molecule has 0 amide bonds. The molecule has 27 heavy (non-hydrogen) atoms. The summed E-state index contributed by atoms with van der Waals surface area (Å²) in [6.45, 7) is 2.15. The van der Waals surface area contributed by atoms with Crippen molar-refractivity contribution in [2.24, 2.45) is 4.15 Å². The number of rotatable bonds is 7. The molecule has 0 spiro atoms. The van der Waals surface area contributed by atoms with Crippen molar-refractivity contribution in [1.29, 1.82) is 0 Å². The van der Waals surface area contributed by atoms with Gasteiger partial charge >= 0.3 is 10.0 Å². The van der Waals surface area contributed by atoms with Crippen molar-refractivity contribution in [2.75, 3.05) is 0 Å². The monoisotopic (exact) mass is 396 g/mol. The summed E-state index contributed by atoms with van der Waals surface area (Å²) in [5.41, 5.74) is 1.16. The second-order valence-corrected chi connectivity index (χ2v) is 10.0. The van der Waals surface area contributed by atoms with Crippen LogP contribution in [0.15, 0.2) is 94.0 Å². The fraction of sp³-hybridized carbons (Fsp3) is 0.182. The molecule has 3 aromatic rings. The Morgan fingerprint density at radius 3 is 1.78 bits per heavy atom. The topological polar surface area (TPSA) is 46.5 Å². The predicted octanol–water partition coefficient (Wildman–Crippen LogP) is 5.03. The summed E-state index contributed by atoms with van der Waals surface area (Å²) < 4.78 is 30.3. The van der Waals surface area contributed by atoms with Crippen LogP contribution in [0.3, 0.4) is 0 Å². The maximum atomic E-state index is 13.0. The lowest BCUT2D eigenvalue weighted by Gasteiger charge is -2.02. The average molecular weight is 396 g/mol. The van der Waals surface area contributed by atoms with Crippen LogP contribution in [0.2, 0.25) is 0 Å². The van der Waals surface area contributed by atoms with E-state index in [4.69, 9.17) is 0 Å². The van der Waals surface area contributed by atoms with Crippen LogP contribution in [0.25, 0.3) is 0 Å². The Hall–Kier alpha value is -2.29. The number of hydrogen-bond acceptors (Lipinski definition) is 2. The van der Waals surface area contributed by atoms with Crippen LogP contribution in [0, 0.1) is 0 Å². The van der Waals surface area contributed by atoms with E-state index in [1.165, 1.54) is 0 Å². The van der Waals surface area contributed by atoms with Gasteiger partial charge in [-0.25, -0.2) is 0 Å². The fourth-order valence-corrected chi connectivity index (χ4v) is 6.42. The molecule has 0 aliphatic heterocycles. The van der Waals surface area contributed by atoms with Crippen molar-refractivity contribution in [1.82, 2.24) is 0 Å². The number of aryl methyl sites for hydroxylation is 1. The summed E-state index contributed by atoms with van der Waals surface area (Å²) in [4.78, 5) is 0.252. The van der Waals surface area contributed by atoms with E-state index in [-0.39, 0.29) is 4.90 Å². The number of unbranched alkanes of at least 4 members (excludes halogenated alkanes) is 1. The van der Waals surface area contributed by atoms with Gasteiger partial charge < -0.3 is 0 Å². The van der Waals surface area contributed by atoms with Crippen molar-refractivity contribution in [3.8, 4) is 0 Å². The third kappa shape index (κ3) is 5.12. The molecule has 0 N–H and O–H groups in total. The van der Waals surface area contributed by atoms with Crippen molar-refractivity contribution >= 4 is 28.3 Å². The van der Waals surface area contributed by atoms with Crippen molar-refractivity contribution in [3.05, 3.63) is 90.5 Å². The van der Waals surface area contributed by atoms with Gasteiger partial charge in [0.05, 0.1) is 4.90 Å². The molecule has 138 valence electrons. The molecule has 5 heteroatoms. The molecule has 0 bridgehead atoms. The van der Waals surface area contributed by atoms with E-state index in [1.807, 2.05) is 72.8 Å². The molecule has 3 nitrogen and oxygen atoms in total. The zero-order valence-corrected chi connectivity index (χ0v) is 17.0. The van der Waals surface area contributed by atoms with E-state index >= 15 is 0 Å². The molecule has 0 aliphatic rings. The molecule has 0 unspecified atom stereocenters. The Bertz CT molecular complexity index is 958. The molecule has 0 aromatic heterocycles. The third-order valence-corrected chi connectivity index (χ3v) is 8.19. The molecular formula is C22H23NO2PS+. The SMILES string of the molecule is CCCCc1ccc(S(=O)(=O)N=[P+](c2ccccc2)c2ccccc2)cc1. The second kappa shape index (κ2) is 9.07. The minimum atomic E-state index is -3.74. The molecule has 0 saturated carbocycles. The summed E-state index contributed by atoms with van der Waals surface area (Å²) in [5, 5.41) is 1.84. The summed E-state index contributed by atoms with van der Waals surface area (Å²) in [6.07, 6.45) is 3.19. The van der Waals surface area contributed by atoms with Crippen molar-refractivity contribution < 1.29 is 8.42 Å². The highest BCUT2D eigenvalue weighted by Gasteiger charge is 2.26. The Kier molecular flexibility index (Phi) is 6.54. The van der Waals surface area contributed by atoms with Gasteiger partial charge in [-0.1, -0.05) is 61.9 Å². The molecule has 0 atom stereocenters. The number of hydrogen-bond donors (Lipinski definition) is 0. The van der Waals surface area contributed by atoms with E-state index in [2.05, 4.69) is 11.1 Å². The van der Waals surface area contributed by atoms with Gasteiger partial charge in [-0.15, -0.1) is 0 Å². The smallest absolute Gasteiger partial charge is 0.196 e. The zero-order valence-electron chi connectivity index (χ0n) is 15.3. The predicted molar refractivity (Wildman–Crippen MR) is 114 cm³/mol. The fourth-order valence-electron chi connectivity index (χ4n) is 2.75. The number of benzene rings is 3. The van der Waals surface area contributed by atoms with Crippen LogP contribution in [-0.2, 0) is 16.4 Å². The van der Waals surface area contributed by atoms with Gasteiger partial charge in [0, 0.05) is 4.15 Å². The average Bonchev–Trinajstić information content (AvgIpc) is 2.72. The lowest BCUT2D eigenvalue weighted by molar-refractivity contribution is 0.598. The van der Waals surface area contributed by atoms with Gasteiger partial charge in [-0.2, -0.15) is 8.42 Å². The van der Waals surface area contributed by atoms with Gasteiger partial charge in [-0.3, -0.25) is 0 Å². The molecule has 0 saturated heterocycles. The molecule has 0 fully saturated rings. The molecule has 0 heterocycles. The highest BCUT2D eigenvalue weighted by molar-refractivity contribution is 7.94. The Morgan fingerprint density at radius 2 is 1.30 bits per heavy atom. The molecular weight excluding hydrogens is 373 g/mol. The Balaban J connectivity index is 2.01. The van der Waals surface area contributed by atoms with E-state index in [0.717, 1.165) is 35.4 Å². The van der Waals surface area contributed by atoms with E-state index in [9.17, 15) is 8.42 Å². The van der Waals surface area contributed by atoms with Crippen LogP contribution < -0.4 is 10.6 Å². The second-order valence-electron chi connectivity index (χ2n) is 6.29. The lowest BCUT2D eigenvalue weighted by Crippen LogP contribution is -2.08. The molecule has 0 aliphatic carbocycles. The first-order chi connectivity index (χ1) is 13.1. The summed E-state index contributed by atoms with van der Waals surface area (Å²) in [6, 6.07) is 26.4. The number of sulfonamides is 1. The summed E-state index contributed by atoms with van der Waals surface area (Å²) >= 11 is 0. The first kappa shape index (κ1) is 19.5. The highest BCUT2D eigenvalue weighted by Crippen LogP contribution is 2.29. The van der Waals surface area contributed by atoms with E-state index < -0.39 is 17.7 Å². The van der Waals surface area contributed by atoms with Crippen LogP contribution in [-0.4, -0.2) is 8.42 Å². The first-order valence-electron chi connectivity index (χ1n) is 9.07. The van der Waals surface area contributed by atoms with E-state index in [1.54, 1.807) is 12.1 Å². The third-order valence-electron chi connectivity index (χ3n) is 4.23. The van der Waals surface area contributed by atoms with Crippen molar-refractivity contribution in [3.63, 3.8) is 0 Å². The quantitative estimate of drug-likeness (QED) is 0.526. The van der Waals surface area contributed by atoms with Gasteiger partial charge in [0.25, 0.3) is 7.71 Å². The standard InChI is InChI=1S/C22H23NO2PS/c1-2-3-10-19-15-17-22(18-16-19)27(24,25)23-26(20-11-6-4-7-12-20)21-13-8-5-9-14-21/h4-9,11-18H,2-3,10H2,1H3/q+1. The van der Waals surface area contributed by atoms with E-state index in [0.29, 0.717) is 0 Å². The maximum Gasteiger partial charge on any atom is 0.317 e. The summed E-state index contributed by atoms with van der Waals surface area (Å²) in [7, 11) is -5.08. The van der Waals surface area contributed by atoms with Gasteiger partial charge in [0.2, 0.25) is 0 Å². The largest absolute Gasteiger partial charge is 0.317 e. The molecule has 3 rings (SSSR count). The van der Waals surface area contributed by atoms with Crippen molar-refractivity contribution in [2.45, 2.75) is 31.1 Å². The minimum absolute atomic E-state index is 0.252. The zero-order chi connectivity index (χ0) is 19.1.